The third kappa shape index (κ3) is 3.91. The van der Waals surface area contributed by atoms with Crippen LogP contribution >= 0.6 is 0 Å². The van der Waals surface area contributed by atoms with Crippen LogP contribution in [-0.2, 0) is 0 Å². The molecule has 1 heterocycles. The standard InChI is InChI=1S/C24H18N4O2/c1-30-21-13-9-18(10-14-21)23-22(16-28(27-23)20-5-3-2-4-6-20)24(29)26-19-11-7-17(15-25)8-12-19/h2-14,16H,1H3,(H,26,29). The lowest BCUT2D eigenvalue weighted by molar-refractivity contribution is 0.102. The average Bonchev–Trinajstić information content (AvgIpc) is 3.26. The van der Waals surface area contributed by atoms with Gasteiger partial charge < -0.3 is 10.1 Å². The van der Waals surface area contributed by atoms with Gasteiger partial charge in [-0.15, -0.1) is 0 Å². The Morgan fingerprint density at radius 3 is 2.33 bits per heavy atom. The molecule has 6 nitrogen and oxygen atoms in total. The van der Waals surface area contributed by atoms with Gasteiger partial charge in [0.25, 0.3) is 5.91 Å². The highest BCUT2D eigenvalue weighted by atomic mass is 16.5. The fraction of sp³-hybridized carbons (Fsp3) is 0.0417. The van der Waals surface area contributed by atoms with Crippen LogP contribution in [0.1, 0.15) is 15.9 Å². The molecule has 4 rings (SSSR count). The molecule has 1 amide bonds. The number of carbonyl (C=O) groups is 1. The number of nitrogens with zero attached hydrogens (tertiary/aromatic N) is 3. The van der Waals surface area contributed by atoms with Crippen molar-refractivity contribution in [2.45, 2.75) is 0 Å². The van der Waals surface area contributed by atoms with E-state index in [2.05, 4.69) is 16.5 Å². The summed E-state index contributed by atoms with van der Waals surface area (Å²) >= 11 is 0. The predicted octanol–water partition coefficient (Wildman–Crippen LogP) is 4.67. The summed E-state index contributed by atoms with van der Waals surface area (Å²) in [7, 11) is 1.61. The van der Waals surface area contributed by atoms with Crippen LogP contribution in [0.25, 0.3) is 16.9 Å². The molecule has 0 bridgehead atoms. The third-order valence-corrected chi connectivity index (χ3v) is 4.61. The SMILES string of the molecule is COc1ccc(-c2nn(-c3ccccc3)cc2C(=O)Nc2ccc(C#N)cc2)cc1. The van der Waals surface area contributed by atoms with Crippen LogP contribution in [-0.4, -0.2) is 22.8 Å². The molecule has 4 aromatic rings. The number of amides is 1. The van der Waals surface area contributed by atoms with Gasteiger partial charge in [0, 0.05) is 17.4 Å². The molecule has 0 atom stereocenters. The first kappa shape index (κ1) is 19.0. The minimum atomic E-state index is -0.285. The Balaban J connectivity index is 1.73. The third-order valence-electron chi connectivity index (χ3n) is 4.61. The minimum Gasteiger partial charge on any atom is -0.497 e. The van der Waals surface area contributed by atoms with Crippen molar-refractivity contribution in [3.05, 3.63) is 96.2 Å². The van der Waals surface area contributed by atoms with Gasteiger partial charge >= 0.3 is 0 Å². The molecule has 6 heteroatoms. The Kier molecular flexibility index (Phi) is 5.27. The highest BCUT2D eigenvalue weighted by Gasteiger charge is 2.19. The number of nitriles is 1. The van der Waals surface area contributed by atoms with Crippen LogP contribution in [0.2, 0.25) is 0 Å². The Bertz CT molecular complexity index is 1210. The number of hydrogen-bond acceptors (Lipinski definition) is 4. The van der Waals surface area contributed by atoms with Gasteiger partial charge in [0.2, 0.25) is 0 Å². The number of carbonyl (C=O) groups excluding carboxylic acids is 1. The van der Waals surface area contributed by atoms with Crippen LogP contribution in [0, 0.1) is 11.3 Å². The minimum absolute atomic E-state index is 0.285. The summed E-state index contributed by atoms with van der Waals surface area (Å²) < 4.78 is 6.92. The number of ether oxygens (including phenoxy) is 1. The molecule has 30 heavy (non-hydrogen) atoms. The molecule has 0 radical (unpaired) electrons. The van der Waals surface area contributed by atoms with Crippen molar-refractivity contribution in [1.82, 2.24) is 9.78 Å². The smallest absolute Gasteiger partial charge is 0.259 e. The van der Waals surface area contributed by atoms with Gasteiger partial charge in [-0.3, -0.25) is 4.79 Å². The summed E-state index contributed by atoms with van der Waals surface area (Å²) in [6, 6.07) is 25.8. The highest BCUT2D eigenvalue weighted by Crippen LogP contribution is 2.26. The maximum atomic E-state index is 13.1. The number of hydrogen-bond donors (Lipinski definition) is 1. The summed E-state index contributed by atoms with van der Waals surface area (Å²) in [4.78, 5) is 13.1. The Morgan fingerprint density at radius 1 is 1.00 bits per heavy atom. The van der Waals surface area contributed by atoms with Gasteiger partial charge in [-0.25, -0.2) is 4.68 Å². The number of para-hydroxylation sites is 1. The van der Waals surface area contributed by atoms with E-state index in [-0.39, 0.29) is 5.91 Å². The number of rotatable bonds is 5. The molecule has 0 spiro atoms. The topological polar surface area (TPSA) is 79.9 Å². The van der Waals surface area contributed by atoms with Crippen molar-refractivity contribution in [2.24, 2.45) is 0 Å². The number of nitrogens with one attached hydrogen (secondary N) is 1. The van der Waals surface area contributed by atoms with Crippen molar-refractivity contribution in [1.29, 1.82) is 5.26 Å². The first-order chi connectivity index (χ1) is 14.7. The maximum Gasteiger partial charge on any atom is 0.259 e. The molecular weight excluding hydrogens is 376 g/mol. The Hall–Kier alpha value is -4.37. The van der Waals surface area contributed by atoms with Gasteiger partial charge in [0.05, 0.1) is 30.0 Å². The van der Waals surface area contributed by atoms with Crippen molar-refractivity contribution in [3.63, 3.8) is 0 Å². The summed E-state index contributed by atoms with van der Waals surface area (Å²) in [6.07, 6.45) is 1.72. The van der Waals surface area contributed by atoms with E-state index in [1.54, 1.807) is 42.3 Å². The van der Waals surface area contributed by atoms with Crippen molar-refractivity contribution in [3.8, 4) is 28.8 Å². The van der Waals surface area contributed by atoms with Gasteiger partial charge in [-0.2, -0.15) is 10.4 Å². The Morgan fingerprint density at radius 2 is 1.70 bits per heavy atom. The van der Waals surface area contributed by atoms with E-state index in [1.165, 1.54) is 0 Å². The molecule has 3 aromatic carbocycles. The molecule has 0 saturated heterocycles. The zero-order valence-corrected chi connectivity index (χ0v) is 16.2. The molecular formula is C24H18N4O2. The van der Waals surface area contributed by atoms with Crippen LogP contribution in [0.4, 0.5) is 5.69 Å². The van der Waals surface area contributed by atoms with Crippen LogP contribution < -0.4 is 10.1 Å². The van der Waals surface area contributed by atoms with E-state index in [1.807, 2.05) is 54.6 Å². The van der Waals surface area contributed by atoms with Crippen molar-refractivity contribution >= 4 is 11.6 Å². The fourth-order valence-electron chi connectivity index (χ4n) is 3.04. The lowest BCUT2D eigenvalue weighted by atomic mass is 10.1. The number of methoxy groups -OCH3 is 1. The molecule has 0 aliphatic rings. The quantitative estimate of drug-likeness (QED) is 0.533. The van der Waals surface area contributed by atoms with Crippen molar-refractivity contribution in [2.75, 3.05) is 12.4 Å². The molecule has 146 valence electrons. The predicted molar refractivity (Wildman–Crippen MR) is 115 cm³/mol. The number of benzene rings is 3. The fourth-order valence-corrected chi connectivity index (χ4v) is 3.04. The van der Waals surface area contributed by atoms with Gasteiger partial charge in [0.15, 0.2) is 0 Å². The van der Waals surface area contributed by atoms with Gasteiger partial charge in [0.1, 0.15) is 11.4 Å². The van der Waals surface area contributed by atoms with Gasteiger partial charge in [-0.05, 0) is 60.7 Å². The average molecular weight is 394 g/mol. The molecule has 0 aliphatic heterocycles. The van der Waals surface area contributed by atoms with Crippen molar-refractivity contribution < 1.29 is 9.53 Å². The Labute approximate surface area is 174 Å². The monoisotopic (exact) mass is 394 g/mol. The normalized spacial score (nSPS) is 10.3. The maximum absolute atomic E-state index is 13.1. The molecule has 0 aliphatic carbocycles. The van der Waals surface area contributed by atoms with Crippen LogP contribution in [0.5, 0.6) is 5.75 Å². The molecule has 0 unspecified atom stereocenters. The van der Waals surface area contributed by atoms with Crippen LogP contribution in [0.3, 0.4) is 0 Å². The second kappa shape index (κ2) is 8.33. The van der Waals surface area contributed by atoms with Gasteiger partial charge in [-0.1, -0.05) is 18.2 Å². The van der Waals surface area contributed by atoms with E-state index in [0.717, 1.165) is 17.0 Å². The zero-order chi connectivity index (χ0) is 20.9. The summed E-state index contributed by atoms with van der Waals surface area (Å²) in [5.74, 6) is 0.442. The lowest BCUT2D eigenvalue weighted by Gasteiger charge is -2.06. The molecule has 1 N–H and O–H groups in total. The van der Waals surface area contributed by atoms with E-state index in [4.69, 9.17) is 10.00 Å². The first-order valence-corrected chi connectivity index (χ1v) is 9.29. The number of aromatic nitrogens is 2. The molecule has 1 aromatic heterocycles. The van der Waals surface area contributed by atoms with E-state index in [9.17, 15) is 4.79 Å². The largest absolute Gasteiger partial charge is 0.497 e. The van der Waals surface area contributed by atoms with E-state index < -0.39 is 0 Å². The second-order valence-corrected chi connectivity index (χ2v) is 6.54. The van der Waals surface area contributed by atoms with E-state index >= 15 is 0 Å². The first-order valence-electron chi connectivity index (χ1n) is 9.29. The summed E-state index contributed by atoms with van der Waals surface area (Å²) in [5.41, 5.74) is 3.79. The summed E-state index contributed by atoms with van der Waals surface area (Å²) in [5, 5.41) is 16.5. The van der Waals surface area contributed by atoms with Crippen LogP contribution in [0.15, 0.2) is 85.1 Å². The second-order valence-electron chi connectivity index (χ2n) is 6.54. The highest BCUT2D eigenvalue weighted by molar-refractivity contribution is 6.08. The summed E-state index contributed by atoms with van der Waals surface area (Å²) in [6.45, 7) is 0. The lowest BCUT2D eigenvalue weighted by Crippen LogP contribution is -2.12. The number of anilines is 1. The molecule has 0 fully saturated rings. The molecule has 0 saturated carbocycles. The zero-order valence-electron chi connectivity index (χ0n) is 16.2. The van der Waals surface area contributed by atoms with E-state index in [0.29, 0.717) is 22.5 Å².